The first kappa shape index (κ1) is 17.9. The van der Waals surface area contributed by atoms with Crippen LogP contribution in [-0.2, 0) is 21.7 Å². The van der Waals surface area contributed by atoms with E-state index in [1.54, 1.807) is 0 Å². The predicted octanol–water partition coefficient (Wildman–Crippen LogP) is -1.25. The smallest absolute Gasteiger partial charge is 0.0319 e. The summed E-state index contributed by atoms with van der Waals surface area (Å²) >= 11 is 0. The average molecular weight is 251 g/mol. The van der Waals surface area contributed by atoms with E-state index < -0.39 is 0 Å². The summed E-state index contributed by atoms with van der Waals surface area (Å²) in [5.41, 5.74) is 0. The van der Waals surface area contributed by atoms with Crippen molar-refractivity contribution in [2.24, 2.45) is 0 Å². The number of hydrogen-bond acceptors (Lipinski definition) is 4. The summed E-state index contributed by atoms with van der Waals surface area (Å²) < 4.78 is 0. The number of nitrogens with one attached hydrogen (secondary N) is 3. The van der Waals surface area contributed by atoms with Crippen LogP contribution in [0.2, 0.25) is 0 Å². The van der Waals surface area contributed by atoms with Gasteiger partial charge in [-0.15, -0.1) is 13.1 Å². The van der Waals surface area contributed by atoms with Crippen molar-refractivity contribution in [3.8, 4) is 0 Å². The normalized spacial score (nSPS) is 19.6. The van der Waals surface area contributed by atoms with Gasteiger partial charge in [0.2, 0.25) is 0 Å². The van der Waals surface area contributed by atoms with Crippen LogP contribution in [0.5, 0.6) is 0 Å². The van der Waals surface area contributed by atoms with Crippen LogP contribution in [0.15, 0.2) is 0 Å². The third-order valence-electron chi connectivity index (χ3n) is 1.85. The van der Waals surface area contributed by atoms with Crippen molar-refractivity contribution in [1.29, 1.82) is 0 Å². The molecule has 1 fully saturated rings. The fraction of sp³-hybridized carbons (Fsp3) is 1.00. The second-order valence-electron chi connectivity index (χ2n) is 2.92. The van der Waals surface area contributed by atoms with Crippen molar-refractivity contribution in [3.05, 3.63) is 5.32 Å². The number of aliphatic hydroxyl groups excluding tert-OH is 1. The zero-order valence-corrected chi connectivity index (χ0v) is 11.1. The van der Waals surface area contributed by atoms with Gasteiger partial charge in [0.15, 0.2) is 0 Å². The molecule has 0 aromatic rings. The molecule has 0 unspecified atom stereocenters. The summed E-state index contributed by atoms with van der Waals surface area (Å²) in [5.74, 6) is 0. The molecule has 15 heavy (non-hydrogen) atoms. The Labute approximate surface area is 108 Å². The summed E-state index contributed by atoms with van der Waals surface area (Å²) in [7, 11) is 1.00. The average Bonchev–Trinajstić information content (AvgIpc) is 2.22. The summed E-state index contributed by atoms with van der Waals surface area (Å²) in [6, 6.07) is 0. The Kier molecular flexibility index (Phi) is 20.2. The van der Waals surface area contributed by atoms with E-state index in [-0.39, 0.29) is 21.7 Å². The molecule has 1 aliphatic rings. The Hall–Kier alpha value is 0.514. The molecular formula is C9H23N4OTi-. The summed E-state index contributed by atoms with van der Waals surface area (Å²) in [5, 5.41) is 21.4. The zero-order chi connectivity index (χ0) is 10.5. The van der Waals surface area contributed by atoms with Crippen molar-refractivity contribution in [3.63, 3.8) is 0 Å². The molecule has 0 aliphatic carbocycles. The van der Waals surface area contributed by atoms with E-state index >= 15 is 0 Å². The molecule has 4 N–H and O–H groups in total. The van der Waals surface area contributed by atoms with Crippen LogP contribution in [0, 0.1) is 0 Å². The summed E-state index contributed by atoms with van der Waals surface area (Å²) in [6.45, 7) is 8.14. The molecule has 1 heterocycles. The van der Waals surface area contributed by atoms with E-state index in [9.17, 15) is 0 Å². The standard InChI is InChI=1S/C8H19N4.CH4O.Ti/c1-2-10-5-6-12-8-7-11-4-3-9-1;1-2;/h9-11H,1-8H2;2H,1H3;/q-1;;. The second kappa shape index (κ2) is 16.9. The molecule has 90 valence electrons. The van der Waals surface area contributed by atoms with Gasteiger partial charge in [0.05, 0.1) is 0 Å². The van der Waals surface area contributed by atoms with Crippen molar-refractivity contribution in [1.82, 2.24) is 16.0 Å². The molecule has 0 radical (unpaired) electrons. The van der Waals surface area contributed by atoms with Gasteiger partial charge in [-0.3, -0.25) is 0 Å². The Balaban J connectivity index is 0. The van der Waals surface area contributed by atoms with E-state index in [2.05, 4.69) is 21.3 Å². The van der Waals surface area contributed by atoms with Gasteiger partial charge in [0.1, 0.15) is 0 Å². The van der Waals surface area contributed by atoms with Crippen molar-refractivity contribution in [2.75, 3.05) is 59.5 Å². The number of rotatable bonds is 0. The third kappa shape index (κ3) is 14.5. The molecule has 0 saturated carbocycles. The number of aliphatic hydroxyl groups is 1. The monoisotopic (exact) mass is 251 g/mol. The first-order valence-corrected chi connectivity index (χ1v) is 5.20. The molecule has 1 aliphatic heterocycles. The molecule has 0 amide bonds. The minimum atomic E-state index is 0. The molecule has 6 heteroatoms. The van der Waals surface area contributed by atoms with E-state index in [4.69, 9.17) is 5.11 Å². The molecule has 0 spiro atoms. The van der Waals surface area contributed by atoms with Crippen LogP contribution in [0.4, 0.5) is 0 Å². The largest absolute Gasteiger partial charge is 0.660 e. The number of hydrogen-bond donors (Lipinski definition) is 4. The minimum absolute atomic E-state index is 0. The Morgan fingerprint density at radius 3 is 1.47 bits per heavy atom. The molecule has 1 rings (SSSR count). The zero-order valence-electron chi connectivity index (χ0n) is 9.55. The SMILES string of the molecule is C1CNCCNCCNCC[N-]1.CO.[Ti]. The predicted molar refractivity (Wildman–Crippen MR) is 59.8 cm³/mol. The first-order chi connectivity index (χ1) is 7.00. The fourth-order valence-corrected chi connectivity index (χ4v) is 1.16. The molecule has 0 bridgehead atoms. The topological polar surface area (TPSA) is 70.4 Å². The summed E-state index contributed by atoms with van der Waals surface area (Å²) in [6.07, 6.45) is 0. The van der Waals surface area contributed by atoms with Gasteiger partial charge in [-0.1, -0.05) is 0 Å². The maximum atomic E-state index is 7.00. The van der Waals surface area contributed by atoms with E-state index in [0.29, 0.717) is 0 Å². The molecular weight excluding hydrogens is 228 g/mol. The van der Waals surface area contributed by atoms with Crippen LogP contribution in [0.25, 0.3) is 5.32 Å². The third-order valence-corrected chi connectivity index (χ3v) is 1.85. The van der Waals surface area contributed by atoms with E-state index in [1.165, 1.54) is 0 Å². The van der Waals surface area contributed by atoms with Crippen molar-refractivity contribution >= 4 is 0 Å². The molecule has 0 aromatic carbocycles. The van der Waals surface area contributed by atoms with Gasteiger partial charge in [-0.05, 0) is 13.1 Å². The van der Waals surface area contributed by atoms with E-state index in [1.807, 2.05) is 0 Å². The molecule has 5 nitrogen and oxygen atoms in total. The van der Waals surface area contributed by atoms with Crippen LogP contribution in [0.3, 0.4) is 0 Å². The Bertz CT molecular complexity index is 65.1. The maximum Gasteiger partial charge on any atom is 0.0319 e. The fourth-order valence-electron chi connectivity index (χ4n) is 1.16. The second-order valence-corrected chi connectivity index (χ2v) is 2.92. The van der Waals surface area contributed by atoms with Gasteiger partial charge in [-0.2, -0.15) is 0 Å². The molecule has 1 saturated heterocycles. The Morgan fingerprint density at radius 1 is 0.733 bits per heavy atom. The molecule has 0 atom stereocenters. The minimum Gasteiger partial charge on any atom is -0.660 e. The van der Waals surface area contributed by atoms with Gasteiger partial charge in [0, 0.05) is 55.0 Å². The molecule has 0 aromatic heterocycles. The van der Waals surface area contributed by atoms with Crippen LogP contribution in [0.1, 0.15) is 0 Å². The van der Waals surface area contributed by atoms with Gasteiger partial charge >= 0.3 is 0 Å². The van der Waals surface area contributed by atoms with Crippen molar-refractivity contribution < 1.29 is 26.8 Å². The van der Waals surface area contributed by atoms with Gasteiger partial charge in [0.25, 0.3) is 0 Å². The first-order valence-electron chi connectivity index (χ1n) is 5.20. The van der Waals surface area contributed by atoms with Gasteiger partial charge in [-0.25, -0.2) is 0 Å². The van der Waals surface area contributed by atoms with Crippen LogP contribution >= 0.6 is 0 Å². The van der Waals surface area contributed by atoms with Crippen molar-refractivity contribution in [2.45, 2.75) is 0 Å². The maximum absolute atomic E-state index is 7.00. The van der Waals surface area contributed by atoms with Crippen LogP contribution < -0.4 is 16.0 Å². The van der Waals surface area contributed by atoms with Crippen LogP contribution in [-0.4, -0.2) is 64.6 Å². The van der Waals surface area contributed by atoms with E-state index in [0.717, 1.165) is 59.5 Å². The van der Waals surface area contributed by atoms with Gasteiger partial charge < -0.3 is 26.4 Å². The summed E-state index contributed by atoms with van der Waals surface area (Å²) in [4.78, 5) is 0. The quantitative estimate of drug-likeness (QED) is 0.406. The Morgan fingerprint density at radius 2 is 1.07 bits per heavy atom. The number of nitrogens with zero attached hydrogens (tertiary/aromatic N) is 1.